The Labute approximate surface area is 163 Å². The fourth-order valence-electron chi connectivity index (χ4n) is 3.45. The Morgan fingerprint density at radius 1 is 1.21 bits per heavy atom. The van der Waals surface area contributed by atoms with E-state index in [1.165, 1.54) is 28.5 Å². The Bertz CT molecular complexity index is 1050. The fraction of sp³-hybridized carbons (Fsp3) is 0.316. The van der Waals surface area contributed by atoms with Crippen molar-refractivity contribution in [2.24, 2.45) is 0 Å². The summed E-state index contributed by atoms with van der Waals surface area (Å²) in [5.74, 6) is -0.593. The van der Waals surface area contributed by atoms with Gasteiger partial charge in [-0.15, -0.1) is 0 Å². The first-order valence-corrected chi connectivity index (χ1v) is 8.98. The van der Waals surface area contributed by atoms with Gasteiger partial charge in [0, 0.05) is 12.7 Å². The number of anilines is 1. The molecule has 1 amide bonds. The van der Waals surface area contributed by atoms with Crippen LogP contribution in [0.5, 0.6) is 0 Å². The highest BCUT2D eigenvalue weighted by atomic mass is 19.4. The van der Waals surface area contributed by atoms with E-state index in [2.05, 4.69) is 10.1 Å². The lowest BCUT2D eigenvalue weighted by molar-refractivity contribution is -0.141. The Morgan fingerprint density at radius 2 is 1.93 bits per heavy atom. The first kappa shape index (κ1) is 19.2. The highest BCUT2D eigenvalue weighted by Gasteiger charge is 2.35. The molecule has 1 aromatic carbocycles. The molecule has 152 valence electrons. The number of hydrogen-bond acceptors (Lipinski definition) is 3. The van der Waals surface area contributed by atoms with Crippen molar-refractivity contribution in [3.05, 3.63) is 59.7 Å². The molecule has 3 heterocycles. The van der Waals surface area contributed by atoms with Gasteiger partial charge >= 0.3 is 6.18 Å². The van der Waals surface area contributed by atoms with Crippen LogP contribution < -0.4 is 4.90 Å². The summed E-state index contributed by atoms with van der Waals surface area (Å²) in [5.41, 5.74) is 1.06. The standard InChI is InChI=1S/C19H17F4N5O/c1-12-25-17(19(21,22)23)10-26(12)11-18(29)27-8-2-3-15-16(27)9-24-28(15)14-6-4-13(20)5-7-14/h4-7,9-10H,2-3,8,11H2,1H3. The smallest absolute Gasteiger partial charge is 0.325 e. The quantitative estimate of drug-likeness (QED) is 0.625. The molecule has 10 heteroatoms. The molecule has 0 radical (unpaired) electrons. The third-order valence-corrected chi connectivity index (χ3v) is 4.88. The van der Waals surface area contributed by atoms with Crippen LogP contribution >= 0.6 is 0 Å². The number of imidazole rings is 1. The third kappa shape index (κ3) is 3.62. The van der Waals surface area contributed by atoms with Crippen molar-refractivity contribution in [1.29, 1.82) is 0 Å². The molecule has 2 aromatic heterocycles. The molecule has 3 aromatic rings. The molecule has 0 saturated carbocycles. The van der Waals surface area contributed by atoms with E-state index in [0.29, 0.717) is 30.8 Å². The zero-order chi connectivity index (χ0) is 20.8. The topological polar surface area (TPSA) is 56.0 Å². The normalized spacial score (nSPS) is 14.2. The molecule has 0 bridgehead atoms. The van der Waals surface area contributed by atoms with E-state index in [0.717, 1.165) is 11.9 Å². The molecule has 1 aliphatic rings. The molecule has 0 saturated heterocycles. The Balaban J connectivity index is 1.59. The van der Waals surface area contributed by atoms with E-state index >= 15 is 0 Å². The monoisotopic (exact) mass is 407 g/mol. The second-order valence-electron chi connectivity index (χ2n) is 6.81. The number of aryl methyl sites for hydroxylation is 1. The van der Waals surface area contributed by atoms with Gasteiger partial charge in [0.05, 0.1) is 23.3 Å². The molecule has 29 heavy (non-hydrogen) atoms. The van der Waals surface area contributed by atoms with Gasteiger partial charge in [-0.1, -0.05) is 0 Å². The van der Waals surface area contributed by atoms with E-state index in [-0.39, 0.29) is 24.1 Å². The Hall–Kier alpha value is -3.17. The molecule has 0 spiro atoms. The summed E-state index contributed by atoms with van der Waals surface area (Å²) in [5, 5.41) is 4.32. The van der Waals surface area contributed by atoms with Crippen LogP contribution in [-0.2, 0) is 23.9 Å². The highest BCUT2D eigenvalue weighted by molar-refractivity contribution is 5.94. The highest BCUT2D eigenvalue weighted by Crippen LogP contribution is 2.30. The summed E-state index contributed by atoms with van der Waals surface area (Å²) in [6.45, 7) is 1.62. The lowest BCUT2D eigenvalue weighted by atomic mass is 10.1. The predicted octanol–water partition coefficient (Wildman–Crippen LogP) is 3.51. The predicted molar refractivity (Wildman–Crippen MR) is 96.2 cm³/mol. The van der Waals surface area contributed by atoms with Crippen LogP contribution in [0.2, 0.25) is 0 Å². The SMILES string of the molecule is Cc1nc(C(F)(F)F)cn1CC(=O)N1CCCc2c1cnn2-c1ccc(F)cc1. The van der Waals surface area contributed by atoms with Crippen LogP contribution in [-0.4, -0.2) is 31.8 Å². The zero-order valence-electron chi connectivity index (χ0n) is 15.4. The van der Waals surface area contributed by atoms with Crippen molar-refractivity contribution in [3.63, 3.8) is 0 Å². The molecule has 0 N–H and O–H groups in total. The number of amides is 1. The minimum absolute atomic E-state index is 0.116. The molecule has 1 aliphatic heterocycles. The average Bonchev–Trinajstić information content (AvgIpc) is 3.26. The van der Waals surface area contributed by atoms with Gasteiger partial charge in [-0.2, -0.15) is 18.3 Å². The summed E-state index contributed by atoms with van der Waals surface area (Å²) in [4.78, 5) is 17.9. The minimum Gasteiger partial charge on any atom is -0.325 e. The van der Waals surface area contributed by atoms with Crippen LogP contribution in [0.25, 0.3) is 5.69 Å². The van der Waals surface area contributed by atoms with Crippen LogP contribution in [0.1, 0.15) is 23.6 Å². The van der Waals surface area contributed by atoms with Gasteiger partial charge < -0.3 is 9.47 Å². The summed E-state index contributed by atoms with van der Waals surface area (Å²) in [6, 6.07) is 5.85. The van der Waals surface area contributed by atoms with E-state index in [1.54, 1.807) is 23.0 Å². The average molecular weight is 407 g/mol. The number of rotatable bonds is 3. The maximum atomic E-state index is 13.2. The molecular weight excluding hydrogens is 390 g/mol. The molecule has 0 unspecified atom stereocenters. The number of carbonyl (C=O) groups is 1. The lowest BCUT2D eigenvalue weighted by Gasteiger charge is -2.27. The van der Waals surface area contributed by atoms with Gasteiger partial charge in [0.2, 0.25) is 5.91 Å². The van der Waals surface area contributed by atoms with Gasteiger partial charge in [0.25, 0.3) is 0 Å². The van der Waals surface area contributed by atoms with Gasteiger partial charge in [0.15, 0.2) is 5.69 Å². The molecule has 6 nitrogen and oxygen atoms in total. The van der Waals surface area contributed by atoms with Gasteiger partial charge in [-0.25, -0.2) is 14.1 Å². The van der Waals surface area contributed by atoms with E-state index < -0.39 is 11.9 Å². The molecule has 0 atom stereocenters. The number of alkyl halides is 3. The Morgan fingerprint density at radius 3 is 2.59 bits per heavy atom. The van der Waals surface area contributed by atoms with E-state index in [1.807, 2.05) is 0 Å². The zero-order valence-corrected chi connectivity index (χ0v) is 15.4. The molecule has 4 rings (SSSR count). The first-order valence-electron chi connectivity index (χ1n) is 8.98. The van der Waals surface area contributed by atoms with Crippen LogP contribution in [0, 0.1) is 12.7 Å². The van der Waals surface area contributed by atoms with Crippen LogP contribution in [0.15, 0.2) is 36.7 Å². The van der Waals surface area contributed by atoms with Crippen molar-refractivity contribution in [3.8, 4) is 5.69 Å². The Kier molecular flexibility index (Phi) is 4.64. The number of halogens is 4. The minimum atomic E-state index is -4.56. The summed E-state index contributed by atoms with van der Waals surface area (Å²) in [7, 11) is 0. The summed E-state index contributed by atoms with van der Waals surface area (Å²) >= 11 is 0. The first-order chi connectivity index (χ1) is 13.7. The maximum Gasteiger partial charge on any atom is 0.434 e. The maximum absolute atomic E-state index is 13.2. The number of benzene rings is 1. The third-order valence-electron chi connectivity index (χ3n) is 4.88. The number of hydrogen-bond donors (Lipinski definition) is 0. The summed E-state index contributed by atoms with van der Waals surface area (Å²) < 4.78 is 54.6. The van der Waals surface area contributed by atoms with Crippen molar-refractivity contribution < 1.29 is 22.4 Å². The molecule has 0 aliphatic carbocycles. The number of aromatic nitrogens is 4. The lowest BCUT2D eigenvalue weighted by Crippen LogP contribution is -2.37. The number of nitrogens with zero attached hydrogens (tertiary/aromatic N) is 5. The number of carbonyl (C=O) groups excluding carboxylic acids is 1. The molecule has 0 fully saturated rings. The van der Waals surface area contributed by atoms with Gasteiger partial charge in [-0.3, -0.25) is 4.79 Å². The van der Waals surface area contributed by atoms with Gasteiger partial charge in [0.1, 0.15) is 18.2 Å². The number of fused-ring (bicyclic) bond motifs is 1. The van der Waals surface area contributed by atoms with Crippen molar-refractivity contribution in [2.45, 2.75) is 32.5 Å². The fourth-order valence-corrected chi connectivity index (χ4v) is 3.45. The molecular formula is C19H17F4N5O. The van der Waals surface area contributed by atoms with Crippen LogP contribution in [0.3, 0.4) is 0 Å². The van der Waals surface area contributed by atoms with Gasteiger partial charge in [-0.05, 0) is 44.0 Å². The van der Waals surface area contributed by atoms with E-state index in [4.69, 9.17) is 0 Å². The van der Waals surface area contributed by atoms with Crippen molar-refractivity contribution >= 4 is 11.6 Å². The van der Waals surface area contributed by atoms with E-state index in [9.17, 15) is 22.4 Å². The second kappa shape index (κ2) is 7.02. The van der Waals surface area contributed by atoms with Crippen molar-refractivity contribution in [1.82, 2.24) is 19.3 Å². The largest absolute Gasteiger partial charge is 0.434 e. The second-order valence-corrected chi connectivity index (χ2v) is 6.81. The van der Waals surface area contributed by atoms with Crippen molar-refractivity contribution in [2.75, 3.05) is 11.4 Å². The summed E-state index contributed by atoms with van der Waals surface area (Å²) in [6.07, 6.45) is -0.799. The van der Waals surface area contributed by atoms with Crippen LogP contribution in [0.4, 0.5) is 23.2 Å².